The number of fused-ring (bicyclic) bond motifs is 1. The average Bonchev–Trinajstić information content (AvgIpc) is 2.59. The fourth-order valence-electron chi connectivity index (χ4n) is 6.31. The maximum atomic E-state index is 10.1. The molecule has 23 heavy (non-hydrogen) atoms. The highest BCUT2D eigenvalue weighted by Gasteiger charge is 2.41. The Balaban J connectivity index is 1.45. The molecule has 3 fully saturated rings. The van der Waals surface area contributed by atoms with E-state index in [9.17, 15) is 5.11 Å². The zero-order chi connectivity index (χ0) is 16.1. The largest absolute Gasteiger partial charge is 0.393 e. The van der Waals surface area contributed by atoms with Crippen LogP contribution in [0.5, 0.6) is 0 Å². The van der Waals surface area contributed by atoms with Crippen molar-refractivity contribution >= 4 is 0 Å². The van der Waals surface area contributed by atoms with E-state index in [1.54, 1.807) is 0 Å². The first kappa shape index (κ1) is 17.8. The second-order valence-electron chi connectivity index (χ2n) is 9.12. The summed E-state index contributed by atoms with van der Waals surface area (Å²) in [6, 6.07) is 0. The molecule has 0 amide bonds. The van der Waals surface area contributed by atoms with Crippen LogP contribution in [0, 0.1) is 29.6 Å². The molecule has 1 N–H and O–H groups in total. The molecule has 3 saturated carbocycles. The molecule has 3 rings (SSSR count). The van der Waals surface area contributed by atoms with Crippen LogP contribution in [0.2, 0.25) is 0 Å². The molecule has 3 aliphatic rings. The molecule has 0 bridgehead atoms. The molecule has 1 nitrogen and oxygen atoms in total. The lowest BCUT2D eigenvalue weighted by molar-refractivity contribution is -0.00961. The summed E-state index contributed by atoms with van der Waals surface area (Å²) < 4.78 is 0. The average molecular weight is 321 g/mol. The molecule has 0 spiro atoms. The predicted molar refractivity (Wildman–Crippen MR) is 98.4 cm³/mol. The fraction of sp³-hybridized carbons (Fsp3) is 1.00. The van der Waals surface area contributed by atoms with Crippen LogP contribution in [0.15, 0.2) is 0 Å². The summed E-state index contributed by atoms with van der Waals surface area (Å²) in [6.45, 7) is 2.31. The van der Waals surface area contributed by atoms with Crippen molar-refractivity contribution in [3.05, 3.63) is 0 Å². The number of rotatable bonds is 6. The molecule has 4 atom stereocenters. The Bertz CT molecular complexity index is 331. The molecule has 0 aromatic rings. The van der Waals surface area contributed by atoms with Gasteiger partial charge < -0.3 is 5.11 Å². The Morgan fingerprint density at radius 2 is 1.48 bits per heavy atom. The molecule has 0 saturated heterocycles. The van der Waals surface area contributed by atoms with Crippen molar-refractivity contribution in [2.75, 3.05) is 0 Å². The molecule has 3 aliphatic carbocycles. The first-order chi connectivity index (χ1) is 11.3. The van der Waals surface area contributed by atoms with Crippen LogP contribution in [0.4, 0.5) is 0 Å². The lowest BCUT2D eigenvalue weighted by Crippen LogP contribution is -2.39. The Labute approximate surface area is 144 Å². The zero-order valence-corrected chi connectivity index (χ0v) is 15.5. The van der Waals surface area contributed by atoms with E-state index in [2.05, 4.69) is 6.92 Å². The summed E-state index contributed by atoms with van der Waals surface area (Å²) in [5, 5.41) is 10.1. The normalized spacial score (nSPS) is 41.5. The number of hydrogen-bond acceptors (Lipinski definition) is 1. The van der Waals surface area contributed by atoms with Gasteiger partial charge in [-0.1, -0.05) is 64.7 Å². The second kappa shape index (κ2) is 8.88. The first-order valence-corrected chi connectivity index (χ1v) is 11.0. The monoisotopic (exact) mass is 320 g/mol. The van der Waals surface area contributed by atoms with Crippen molar-refractivity contribution in [2.24, 2.45) is 29.6 Å². The summed E-state index contributed by atoms with van der Waals surface area (Å²) in [6.07, 6.45) is 21.2. The summed E-state index contributed by atoms with van der Waals surface area (Å²) in [7, 11) is 0. The van der Waals surface area contributed by atoms with Gasteiger partial charge in [0.2, 0.25) is 0 Å². The third-order valence-electron chi connectivity index (χ3n) is 7.65. The fourth-order valence-corrected chi connectivity index (χ4v) is 6.31. The van der Waals surface area contributed by atoms with Gasteiger partial charge in [0, 0.05) is 0 Å². The van der Waals surface area contributed by atoms with Gasteiger partial charge in [0.15, 0.2) is 0 Å². The van der Waals surface area contributed by atoms with E-state index in [-0.39, 0.29) is 6.10 Å². The lowest BCUT2D eigenvalue weighted by Gasteiger charge is -2.47. The molecule has 0 aliphatic heterocycles. The highest BCUT2D eigenvalue weighted by Crippen LogP contribution is 2.50. The molecular formula is C22H40O. The van der Waals surface area contributed by atoms with Gasteiger partial charge in [-0.15, -0.1) is 0 Å². The van der Waals surface area contributed by atoms with Crippen LogP contribution >= 0.6 is 0 Å². The molecule has 134 valence electrons. The maximum absolute atomic E-state index is 10.1. The number of unbranched alkanes of at least 4 members (excludes halogenated alkanes) is 3. The minimum absolute atomic E-state index is 0.0201. The van der Waals surface area contributed by atoms with Gasteiger partial charge in [-0.25, -0.2) is 0 Å². The van der Waals surface area contributed by atoms with E-state index in [1.807, 2.05) is 0 Å². The third-order valence-corrected chi connectivity index (χ3v) is 7.65. The maximum Gasteiger partial charge on any atom is 0.0543 e. The third kappa shape index (κ3) is 4.74. The van der Waals surface area contributed by atoms with Crippen LogP contribution in [0.1, 0.15) is 103 Å². The molecule has 0 radical (unpaired) electrons. The Morgan fingerprint density at radius 3 is 2.26 bits per heavy atom. The van der Waals surface area contributed by atoms with Crippen molar-refractivity contribution < 1.29 is 5.11 Å². The van der Waals surface area contributed by atoms with Crippen molar-refractivity contribution in [1.82, 2.24) is 0 Å². The SMILES string of the molecule is CCCCCCC1CCC(C2CCCC3CCC(O)CC32)CC1. The van der Waals surface area contributed by atoms with Crippen molar-refractivity contribution in [3.8, 4) is 0 Å². The van der Waals surface area contributed by atoms with Crippen molar-refractivity contribution in [3.63, 3.8) is 0 Å². The van der Waals surface area contributed by atoms with E-state index in [4.69, 9.17) is 0 Å². The van der Waals surface area contributed by atoms with Crippen LogP contribution in [-0.4, -0.2) is 11.2 Å². The number of hydrogen-bond donors (Lipinski definition) is 1. The minimum atomic E-state index is 0.0201. The van der Waals surface area contributed by atoms with E-state index in [0.29, 0.717) is 0 Å². The smallest absolute Gasteiger partial charge is 0.0543 e. The lowest BCUT2D eigenvalue weighted by atomic mass is 9.59. The van der Waals surface area contributed by atoms with E-state index < -0.39 is 0 Å². The van der Waals surface area contributed by atoms with Gasteiger partial charge in [0.25, 0.3) is 0 Å². The van der Waals surface area contributed by atoms with Crippen LogP contribution in [0.25, 0.3) is 0 Å². The highest BCUT2D eigenvalue weighted by molar-refractivity contribution is 4.91. The first-order valence-electron chi connectivity index (χ1n) is 11.0. The van der Waals surface area contributed by atoms with Crippen LogP contribution in [0.3, 0.4) is 0 Å². The molecule has 0 aromatic heterocycles. The van der Waals surface area contributed by atoms with E-state index in [0.717, 1.165) is 42.4 Å². The molecule has 0 aromatic carbocycles. The molecule has 0 heterocycles. The molecular weight excluding hydrogens is 280 g/mol. The molecule has 1 heteroatoms. The van der Waals surface area contributed by atoms with Gasteiger partial charge >= 0.3 is 0 Å². The van der Waals surface area contributed by atoms with Gasteiger partial charge in [0.1, 0.15) is 0 Å². The van der Waals surface area contributed by atoms with E-state index >= 15 is 0 Å². The summed E-state index contributed by atoms with van der Waals surface area (Å²) >= 11 is 0. The van der Waals surface area contributed by atoms with Crippen LogP contribution < -0.4 is 0 Å². The van der Waals surface area contributed by atoms with Crippen molar-refractivity contribution in [2.45, 2.75) is 109 Å². The van der Waals surface area contributed by atoms with Crippen LogP contribution in [-0.2, 0) is 0 Å². The summed E-state index contributed by atoms with van der Waals surface area (Å²) in [5.41, 5.74) is 0. The Morgan fingerprint density at radius 1 is 0.739 bits per heavy atom. The molecule has 4 unspecified atom stereocenters. The van der Waals surface area contributed by atoms with Gasteiger partial charge in [-0.05, 0) is 68.1 Å². The Hall–Kier alpha value is -0.0400. The quantitative estimate of drug-likeness (QED) is 0.566. The summed E-state index contributed by atoms with van der Waals surface area (Å²) in [5.74, 6) is 4.84. The highest BCUT2D eigenvalue weighted by atomic mass is 16.3. The standard InChI is InChI=1S/C22H40O/c1-2-3-4-5-7-17-10-12-19(13-11-17)21-9-6-8-18-14-15-20(23)16-22(18)21/h17-23H,2-16H2,1H3. The van der Waals surface area contributed by atoms with E-state index in [1.165, 1.54) is 83.5 Å². The van der Waals surface area contributed by atoms with Gasteiger partial charge in [0.05, 0.1) is 6.10 Å². The van der Waals surface area contributed by atoms with Gasteiger partial charge in [-0.3, -0.25) is 0 Å². The minimum Gasteiger partial charge on any atom is -0.393 e. The number of aliphatic hydroxyl groups excluding tert-OH is 1. The van der Waals surface area contributed by atoms with Crippen molar-refractivity contribution in [1.29, 1.82) is 0 Å². The van der Waals surface area contributed by atoms with Gasteiger partial charge in [-0.2, -0.15) is 0 Å². The second-order valence-corrected chi connectivity index (χ2v) is 9.12. The number of aliphatic hydroxyl groups is 1. The Kier molecular flexibility index (Phi) is 6.86. The zero-order valence-electron chi connectivity index (χ0n) is 15.5. The predicted octanol–water partition coefficient (Wildman–Crippen LogP) is 6.34. The topological polar surface area (TPSA) is 20.2 Å². The summed E-state index contributed by atoms with van der Waals surface area (Å²) in [4.78, 5) is 0.